The number of morpholine rings is 1. The van der Waals surface area contributed by atoms with Gasteiger partial charge in [0.1, 0.15) is 11.9 Å². The Hall–Kier alpha value is -1.77. The number of halogens is 1. The number of H-pyrrole nitrogens is 1. The number of rotatable bonds is 4. The van der Waals surface area contributed by atoms with Crippen molar-refractivity contribution < 1.29 is 9.53 Å². The number of aromatic amines is 1. The SMILES string of the molecule is CC(=O)Nc1cc(Br)ccc1CN1CCO[C@H](c2n[nH]c(C)n2)C1. The van der Waals surface area contributed by atoms with E-state index < -0.39 is 0 Å². The highest BCUT2D eigenvalue weighted by Crippen LogP contribution is 2.25. The molecule has 1 aliphatic heterocycles. The Morgan fingerprint density at radius 1 is 1.54 bits per heavy atom. The number of anilines is 1. The highest BCUT2D eigenvalue weighted by Gasteiger charge is 2.25. The summed E-state index contributed by atoms with van der Waals surface area (Å²) in [4.78, 5) is 18.1. The number of nitrogens with one attached hydrogen (secondary N) is 2. The lowest BCUT2D eigenvalue weighted by atomic mass is 10.1. The van der Waals surface area contributed by atoms with E-state index in [2.05, 4.69) is 41.3 Å². The molecule has 0 radical (unpaired) electrons. The first-order valence-corrected chi connectivity index (χ1v) is 8.59. The van der Waals surface area contributed by atoms with E-state index >= 15 is 0 Å². The van der Waals surface area contributed by atoms with Gasteiger partial charge in [0.25, 0.3) is 0 Å². The highest BCUT2D eigenvalue weighted by atomic mass is 79.9. The molecule has 2 heterocycles. The van der Waals surface area contributed by atoms with E-state index in [1.54, 1.807) is 0 Å². The van der Waals surface area contributed by atoms with Gasteiger partial charge in [-0.15, -0.1) is 0 Å². The molecule has 1 fully saturated rings. The number of nitrogens with zero attached hydrogens (tertiary/aromatic N) is 3. The number of ether oxygens (including phenoxy) is 1. The Kier molecular flexibility index (Phi) is 5.27. The van der Waals surface area contributed by atoms with Crippen molar-refractivity contribution in [2.75, 3.05) is 25.0 Å². The molecule has 7 nitrogen and oxygen atoms in total. The fraction of sp³-hybridized carbons (Fsp3) is 0.438. The van der Waals surface area contributed by atoms with Crippen LogP contribution in [0.25, 0.3) is 0 Å². The van der Waals surface area contributed by atoms with E-state index in [-0.39, 0.29) is 12.0 Å². The quantitative estimate of drug-likeness (QED) is 0.832. The Bertz CT molecular complexity index is 733. The minimum Gasteiger partial charge on any atom is -0.367 e. The summed E-state index contributed by atoms with van der Waals surface area (Å²) in [5.41, 5.74) is 1.90. The molecule has 1 aromatic heterocycles. The fourth-order valence-corrected chi connectivity index (χ4v) is 3.10. The molecule has 0 unspecified atom stereocenters. The summed E-state index contributed by atoms with van der Waals surface area (Å²) in [7, 11) is 0. The lowest BCUT2D eigenvalue weighted by Gasteiger charge is -2.32. The molecule has 0 saturated carbocycles. The predicted octanol–water partition coefficient (Wildman–Crippen LogP) is 2.41. The molecule has 0 spiro atoms. The fourth-order valence-electron chi connectivity index (χ4n) is 2.74. The molecule has 8 heteroatoms. The number of aryl methyl sites for hydroxylation is 1. The number of carbonyl (C=O) groups excluding carboxylic acids is 1. The van der Waals surface area contributed by atoms with E-state index in [1.807, 2.05) is 25.1 Å². The lowest BCUT2D eigenvalue weighted by molar-refractivity contribution is -0.114. The third-order valence-corrected chi connectivity index (χ3v) is 4.32. The summed E-state index contributed by atoms with van der Waals surface area (Å²) in [5, 5.41) is 9.95. The van der Waals surface area contributed by atoms with Crippen LogP contribution in [0.1, 0.15) is 30.2 Å². The molecular formula is C16H20BrN5O2. The van der Waals surface area contributed by atoms with Crippen molar-refractivity contribution in [1.82, 2.24) is 20.1 Å². The van der Waals surface area contributed by atoms with Gasteiger partial charge in [0.05, 0.1) is 6.61 Å². The summed E-state index contributed by atoms with van der Waals surface area (Å²) in [5.74, 6) is 1.40. The topological polar surface area (TPSA) is 83.1 Å². The van der Waals surface area contributed by atoms with E-state index in [1.165, 1.54) is 6.92 Å². The Balaban J connectivity index is 1.72. The molecule has 0 aliphatic carbocycles. The van der Waals surface area contributed by atoms with Crippen molar-refractivity contribution in [2.45, 2.75) is 26.5 Å². The molecule has 24 heavy (non-hydrogen) atoms. The third-order valence-electron chi connectivity index (χ3n) is 3.83. The minimum absolute atomic E-state index is 0.0783. The largest absolute Gasteiger partial charge is 0.367 e. The van der Waals surface area contributed by atoms with Crippen LogP contribution in [-0.4, -0.2) is 45.7 Å². The maximum absolute atomic E-state index is 11.4. The van der Waals surface area contributed by atoms with Crippen LogP contribution in [-0.2, 0) is 16.1 Å². The van der Waals surface area contributed by atoms with Gasteiger partial charge >= 0.3 is 0 Å². The lowest BCUT2D eigenvalue weighted by Crippen LogP contribution is -2.38. The second-order valence-electron chi connectivity index (χ2n) is 5.86. The van der Waals surface area contributed by atoms with Gasteiger partial charge in [-0.2, -0.15) is 5.10 Å². The van der Waals surface area contributed by atoms with Crippen LogP contribution in [0.5, 0.6) is 0 Å². The molecule has 2 N–H and O–H groups in total. The monoisotopic (exact) mass is 393 g/mol. The average molecular weight is 394 g/mol. The van der Waals surface area contributed by atoms with Crippen molar-refractivity contribution in [3.8, 4) is 0 Å². The first-order valence-electron chi connectivity index (χ1n) is 7.80. The summed E-state index contributed by atoms with van der Waals surface area (Å²) in [6.45, 7) is 6.29. The summed E-state index contributed by atoms with van der Waals surface area (Å²) in [6.07, 6.45) is -0.136. The molecule has 2 aromatic rings. The van der Waals surface area contributed by atoms with Crippen molar-refractivity contribution in [1.29, 1.82) is 0 Å². The smallest absolute Gasteiger partial charge is 0.221 e. The number of amides is 1. The Morgan fingerprint density at radius 3 is 3.08 bits per heavy atom. The van der Waals surface area contributed by atoms with E-state index in [4.69, 9.17) is 4.74 Å². The van der Waals surface area contributed by atoms with Crippen LogP contribution >= 0.6 is 15.9 Å². The second kappa shape index (κ2) is 7.42. The zero-order valence-electron chi connectivity index (χ0n) is 13.7. The standard InChI is InChI=1S/C16H20BrN5O2/c1-10-18-16(21-20-10)15-9-22(5-6-24-15)8-12-3-4-13(17)7-14(12)19-11(2)23/h3-4,7,15H,5-6,8-9H2,1-2H3,(H,19,23)(H,18,20,21)/t15-/m0/s1. The molecule has 128 valence electrons. The molecule has 1 saturated heterocycles. The van der Waals surface area contributed by atoms with Crippen LogP contribution < -0.4 is 5.32 Å². The molecular weight excluding hydrogens is 374 g/mol. The first-order chi connectivity index (χ1) is 11.5. The van der Waals surface area contributed by atoms with Crippen LogP contribution in [0.4, 0.5) is 5.69 Å². The Morgan fingerprint density at radius 2 is 2.38 bits per heavy atom. The average Bonchev–Trinajstić information content (AvgIpc) is 2.96. The zero-order chi connectivity index (χ0) is 17.1. The van der Waals surface area contributed by atoms with Crippen molar-refractivity contribution in [2.24, 2.45) is 0 Å². The molecule has 1 aliphatic rings. The summed E-state index contributed by atoms with van der Waals surface area (Å²) >= 11 is 3.45. The second-order valence-corrected chi connectivity index (χ2v) is 6.77. The molecule has 0 bridgehead atoms. The number of benzene rings is 1. The Labute approximate surface area is 148 Å². The van der Waals surface area contributed by atoms with Crippen molar-refractivity contribution in [3.05, 3.63) is 39.9 Å². The number of carbonyl (C=O) groups is 1. The van der Waals surface area contributed by atoms with Gasteiger partial charge < -0.3 is 10.1 Å². The van der Waals surface area contributed by atoms with E-state index in [0.29, 0.717) is 19.0 Å². The number of aromatic nitrogens is 3. The van der Waals surface area contributed by atoms with Gasteiger partial charge in [0, 0.05) is 36.7 Å². The van der Waals surface area contributed by atoms with Crippen LogP contribution in [0.15, 0.2) is 22.7 Å². The van der Waals surface area contributed by atoms with Gasteiger partial charge in [0.2, 0.25) is 5.91 Å². The minimum atomic E-state index is -0.136. The number of hydrogen-bond donors (Lipinski definition) is 2. The highest BCUT2D eigenvalue weighted by molar-refractivity contribution is 9.10. The molecule has 1 aromatic carbocycles. The number of hydrogen-bond acceptors (Lipinski definition) is 5. The van der Waals surface area contributed by atoms with Gasteiger partial charge in [0.15, 0.2) is 5.82 Å². The molecule has 1 atom stereocenters. The van der Waals surface area contributed by atoms with Crippen LogP contribution in [0.2, 0.25) is 0 Å². The normalized spacial score (nSPS) is 18.5. The third kappa shape index (κ3) is 4.19. The predicted molar refractivity (Wildman–Crippen MR) is 93.5 cm³/mol. The van der Waals surface area contributed by atoms with Crippen molar-refractivity contribution in [3.63, 3.8) is 0 Å². The van der Waals surface area contributed by atoms with Crippen LogP contribution in [0, 0.1) is 6.92 Å². The summed E-state index contributed by atoms with van der Waals surface area (Å²) < 4.78 is 6.73. The van der Waals surface area contributed by atoms with E-state index in [0.717, 1.165) is 34.6 Å². The molecule has 3 rings (SSSR count). The first kappa shape index (κ1) is 17.1. The van der Waals surface area contributed by atoms with Gasteiger partial charge in [-0.25, -0.2) is 4.98 Å². The van der Waals surface area contributed by atoms with E-state index in [9.17, 15) is 4.79 Å². The van der Waals surface area contributed by atoms with Crippen molar-refractivity contribution >= 4 is 27.5 Å². The van der Waals surface area contributed by atoms with Crippen LogP contribution in [0.3, 0.4) is 0 Å². The zero-order valence-corrected chi connectivity index (χ0v) is 15.3. The molecule has 1 amide bonds. The maximum Gasteiger partial charge on any atom is 0.221 e. The van der Waals surface area contributed by atoms with Gasteiger partial charge in [-0.3, -0.25) is 14.8 Å². The maximum atomic E-state index is 11.4. The van der Waals surface area contributed by atoms with Gasteiger partial charge in [-0.05, 0) is 24.6 Å². The van der Waals surface area contributed by atoms with Gasteiger partial charge in [-0.1, -0.05) is 22.0 Å². The summed E-state index contributed by atoms with van der Waals surface area (Å²) in [6, 6.07) is 5.93.